The van der Waals surface area contributed by atoms with E-state index in [0.29, 0.717) is 0 Å². The maximum Gasteiger partial charge on any atom is 0.252 e. The van der Waals surface area contributed by atoms with Crippen molar-refractivity contribution >= 4 is 114 Å². The quantitative estimate of drug-likeness (QED) is 0.154. The van der Waals surface area contributed by atoms with Crippen molar-refractivity contribution in [3.05, 3.63) is 262 Å². The Morgan fingerprint density at radius 3 is 0.700 bits per heavy atom. The predicted octanol–water partition coefficient (Wildman–Crippen LogP) is 22.2. The van der Waals surface area contributed by atoms with Gasteiger partial charge in [0.2, 0.25) is 0 Å². The van der Waals surface area contributed by atoms with E-state index in [0.717, 1.165) is 22.7 Å². The van der Waals surface area contributed by atoms with Crippen LogP contribution in [0.4, 0.5) is 68.2 Å². The summed E-state index contributed by atoms with van der Waals surface area (Å²) in [6, 6.07) is 82.4. The number of aryl methyl sites for hydroxylation is 4. The normalized spacial score (nSPS) is 14.2. The molecular weight excluding hydrogens is 1210 g/mol. The lowest BCUT2D eigenvalue weighted by Crippen LogP contribution is -2.65. The molecule has 4 nitrogen and oxygen atoms in total. The van der Waals surface area contributed by atoms with Gasteiger partial charge >= 0.3 is 0 Å². The van der Waals surface area contributed by atoms with Crippen LogP contribution in [0, 0.1) is 27.7 Å². The smallest absolute Gasteiger partial charge is 0.252 e. The molecule has 0 unspecified atom stereocenters. The summed E-state index contributed by atoms with van der Waals surface area (Å²) in [7, 11) is 0. The molecule has 4 aliphatic heterocycles. The second-order valence-corrected chi connectivity index (χ2v) is 35.8. The Bertz CT molecular complexity index is 4750. The van der Waals surface area contributed by atoms with Crippen LogP contribution in [0.5, 0.6) is 0 Å². The van der Waals surface area contributed by atoms with Crippen LogP contribution >= 0.6 is 0 Å². The SMILES string of the molecule is Cc1cccc(C)c1-c1cc2c3c(c1)N(c1ccc(C(C)(C)C)cc1)c1cc4c(cc1B3c1cc(C(C)(C)C)ccc1N2c1ccc(C(C)(C)C)cc1)B1c2cc(C(C)(C)C)ccc2N(c2ccc(C(C)(C)C)cc2)c2cc(-c3c(C)cccc3C)cc(c21)N4c1ccc(C(C)(C)C)cc1. The van der Waals surface area contributed by atoms with E-state index >= 15 is 0 Å². The van der Waals surface area contributed by atoms with Crippen LogP contribution in [-0.2, 0) is 32.5 Å². The molecule has 4 heterocycles. The Labute approximate surface area is 599 Å². The lowest BCUT2D eigenvalue weighted by atomic mass is 9.30. The Hall–Kier alpha value is -9.25. The van der Waals surface area contributed by atoms with Crippen LogP contribution < -0.4 is 52.4 Å². The molecule has 0 spiro atoms. The van der Waals surface area contributed by atoms with Gasteiger partial charge in [-0.1, -0.05) is 240 Å². The lowest BCUT2D eigenvalue weighted by Gasteiger charge is -2.48. The Balaban J connectivity index is 1.12. The second-order valence-electron chi connectivity index (χ2n) is 35.8. The van der Waals surface area contributed by atoms with Gasteiger partial charge < -0.3 is 19.6 Å². The van der Waals surface area contributed by atoms with Gasteiger partial charge in [-0.3, -0.25) is 0 Å². The topological polar surface area (TPSA) is 13.0 Å². The first kappa shape index (κ1) is 66.6. The van der Waals surface area contributed by atoms with E-state index in [1.165, 1.54) is 156 Å². The minimum Gasteiger partial charge on any atom is -0.311 e. The highest BCUT2D eigenvalue weighted by atomic mass is 15.2. The Morgan fingerprint density at radius 2 is 0.450 bits per heavy atom. The summed E-state index contributed by atoms with van der Waals surface area (Å²) in [4.78, 5) is 10.6. The molecule has 4 aliphatic rings. The fourth-order valence-electron chi connectivity index (χ4n) is 16.8. The van der Waals surface area contributed by atoms with E-state index in [1.54, 1.807) is 0 Å². The second kappa shape index (κ2) is 23.1. The van der Waals surface area contributed by atoms with Gasteiger partial charge in [0.25, 0.3) is 13.4 Å². The van der Waals surface area contributed by atoms with Crippen molar-refractivity contribution in [3.8, 4) is 22.3 Å². The summed E-state index contributed by atoms with van der Waals surface area (Å²) in [6.45, 7) is 51.0. The van der Waals surface area contributed by atoms with Crippen LogP contribution in [0.25, 0.3) is 22.3 Å². The highest BCUT2D eigenvalue weighted by molar-refractivity contribution is 7.03. The van der Waals surface area contributed by atoms with E-state index in [4.69, 9.17) is 0 Å². The molecule has 0 saturated heterocycles. The fourth-order valence-corrected chi connectivity index (χ4v) is 16.8. The molecule has 0 aromatic heterocycles. The molecule has 0 aliphatic carbocycles. The van der Waals surface area contributed by atoms with Gasteiger partial charge in [-0.05, 0) is 262 Å². The molecule has 0 atom stereocenters. The van der Waals surface area contributed by atoms with Gasteiger partial charge in [-0.15, -0.1) is 0 Å². The highest BCUT2D eigenvalue weighted by Gasteiger charge is 2.50. The first-order valence-corrected chi connectivity index (χ1v) is 36.6. The molecular formula is C94H100B2N4. The van der Waals surface area contributed by atoms with Crippen molar-refractivity contribution in [2.24, 2.45) is 0 Å². The molecule has 11 aromatic rings. The largest absolute Gasteiger partial charge is 0.311 e. The van der Waals surface area contributed by atoms with Crippen molar-refractivity contribution in [2.45, 2.75) is 185 Å². The van der Waals surface area contributed by atoms with E-state index in [9.17, 15) is 0 Å². The Morgan fingerprint density at radius 1 is 0.220 bits per heavy atom. The van der Waals surface area contributed by atoms with Gasteiger partial charge in [-0.2, -0.15) is 0 Å². The van der Waals surface area contributed by atoms with Crippen LogP contribution in [-0.4, -0.2) is 13.4 Å². The van der Waals surface area contributed by atoms with E-state index in [2.05, 4.69) is 378 Å². The average Bonchev–Trinajstić information content (AvgIpc) is 0.682. The molecule has 6 heteroatoms. The van der Waals surface area contributed by atoms with Crippen LogP contribution in [0.15, 0.2) is 206 Å². The molecule has 0 bridgehead atoms. The van der Waals surface area contributed by atoms with Gasteiger partial charge in [0.15, 0.2) is 0 Å². The van der Waals surface area contributed by atoms with Crippen molar-refractivity contribution in [1.82, 2.24) is 0 Å². The number of rotatable bonds is 6. The molecule has 100 heavy (non-hydrogen) atoms. The third-order valence-corrected chi connectivity index (χ3v) is 22.5. The number of benzene rings is 11. The lowest BCUT2D eigenvalue weighted by molar-refractivity contribution is 0.590. The number of hydrogen-bond donors (Lipinski definition) is 0. The molecule has 0 N–H and O–H groups in total. The number of nitrogens with zero attached hydrogens (tertiary/aromatic N) is 4. The molecule has 0 amide bonds. The van der Waals surface area contributed by atoms with Gasteiger partial charge in [0.1, 0.15) is 0 Å². The molecule has 15 rings (SSSR count). The number of anilines is 12. The van der Waals surface area contributed by atoms with E-state index in [-0.39, 0.29) is 45.9 Å². The van der Waals surface area contributed by atoms with Crippen molar-refractivity contribution in [3.63, 3.8) is 0 Å². The summed E-state index contributed by atoms with van der Waals surface area (Å²) >= 11 is 0. The maximum absolute atomic E-state index is 2.73. The summed E-state index contributed by atoms with van der Waals surface area (Å²) in [6.07, 6.45) is 0. The zero-order valence-electron chi connectivity index (χ0n) is 63.6. The van der Waals surface area contributed by atoms with Gasteiger partial charge in [-0.25, -0.2) is 0 Å². The highest BCUT2D eigenvalue weighted by Crippen LogP contribution is 2.52. The molecule has 0 fully saturated rings. The van der Waals surface area contributed by atoms with Crippen LogP contribution in [0.2, 0.25) is 0 Å². The predicted molar refractivity (Wildman–Crippen MR) is 437 cm³/mol. The monoisotopic (exact) mass is 1310 g/mol. The molecule has 0 saturated carbocycles. The zero-order chi connectivity index (χ0) is 71.0. The van der Waals surface area contributed by atoms with Crippen molar-refractivity contribution < 1.29 is 0 Å². The van der Waals surface area contributed by atoms with Crippen molar-refractivity contribution in [1.29, 1.82) is 0 Å². The maximum atomic E-state index is 2.73. The summed E-state index contributed by atoms with van der Waals surface area (Å²) < 4.78 is 0. The van der Waals surface area contributed by atoms with Crippen LogP contribution in [0.1, 0.15) is 180 Å². The molecule has 0 radical (unpaired) electrons. The molecule has 502 valence electrons. The fraction of sp³-hybridized carbons (Fsp3) is 0.298. The first-order valence-electron chi connectivity index (χ1n) is 36.6. The van der Waals surface area contributed by atoms with E-state index < -0.39 is 0 Å². The van der Waals surface area contributed by atoms with Gasteiger partial charge in [0.05, 0.1) is 0 Å². The zero-order valence-corrected chi connectivity index (χ0v) is 63.6. The van der Waals surface area contributed by atoms with Gasteiger partial charge in [0, 0.05) is 68.2 Å². The third-order valence-electron chi connectivity index (χ3n) is 22.5. The van der Waals surface area contributed by atoms with Crippen molar-refractivity contribution in [2.75, 3.05) is 19.6 Å². The number of fused-ring (bicyclic) bond motifs is 8. The molecule has 11 aromatic carbocycles. The summed E-state index contributed by atoms with van der Waals surface area (Å²) in [5.74, 6) is 0. The number of hydrogen-bond acceptors (Lipinski definition) is 4. The summed E-state index contributed by atoms with van der Waals surface area (Å²) in [5.41, 5.74) is 39.5. The standard InChI is InChI=1S/C94H100B2N4/c1-57-25-23-26-58(2)85(57)61-49-81-87-83(51-61)99(71-43-33-65(34-44-71)91(11,12)13)79-56-80-76(55-75(79)95(87)73-53-67(93(17,18)19)37-47-77(73)97(81)69-39-29-63(30-40-69)89(5,6)7)96-74-54-68(94(20,21)22)38-48-78(74)98(70-41-31-64(32-42-70)90(8,9)10)82-50-62(86-59(3)27-24-28-60(86)4)52-84(88(82)96)100(80)72-45-35-66(36-46-72)92(14,15)16/h23-56H,1-22H3. The minimum absolute atomic E-state index is 0.0173. The minimum atomic E-state index is -0.168. The summed E-state index contributed by atoms with van der Waals surface area (Å²) in [5, 5.41) is 0. The van der Waals surface area contributed by atoms with Crippen LogP contribution in [0.3, 0.4) is 0 Å². The third kappa shape index (κ3) is 11.0. The Kier molecular flexibility index (Phi) is 15.4. The average molecular weight is 1310 g/mol. The van der Waals surface area contributed by atoms with E-state index in [1.807, 2.05) is 0 Å². The first-order chi connectivity index (χ1) is 47.0.